The molecule has 2 aromatic rings. The Labute approximate surface area is 156 Å². The van der Waals surface area contributed by atoms with Gasteiger partial charge in [-0.1, -0.05) is 0 Å². The molecule has 0 aromatic carbocycles. The van der Waals surface area contributed by atoms with Crippen molar-refractivity contribution in [2.45, 2.75) is 0 Å². The lowest BCUT2D eigenvalue weighted by atomic mass is 10.3. The molecule has 4 rings (SSSR count). The summed E-state index contributed by atoms with van der Waals surface area (Å²) in [5, 5.41) is 6.83. The molecular weight excluding hydrogens is 372 g/mol. The van der Waals surface area contributed by atoms with Crippen molar-refractivity contribution in [1.82, 2.24) is 19.5 Å². The maximum atomic E-state index is 11.7. The third kappa shape index (κ3) is 3.57. The Morgan fingerprint density at radius 1 is 1.23 bits per heavy atom. The SMILES string of the molecule is CS(=O)(=O)N1CCN(c2ccnc(N3C=C(c4cn[nH]c4)SC3)c2)CC1. The molecule has 138 valence electrons. The van der Waals surface area contributed by atoms with Crippen LogP contribution in [-0.4, -0.2) is 66.2 Å². The zero-order valence-electron chi connectivity index (χ0n) is 14.4. The lowest BCUT2D eigenvalue weighted by molar-refractivity contribution is 0.388. The quantitative estimate of drug-likeness (QED) is 0.842. The number of pyridine rings is 1. The summed E-state index contributed by atoms with van der Waals surface area (Å²) in [6, 6.07) is 4.04. The van der Waals surface area contributed by atoms with E-state index < -0.39 is 10.0 Å². The molecule has 1 N–H and O–H groups in total. The van der Waals surface area contributed by atoms with E-state index >= 15 is 0 Å². The molecule has 0 spiro atoms. The van der Waals surface area contributed by atoms with E-state index in [1.165, 1.54) is 10.6 Å². The van der Waals surface area contributed by atoms with Gasteiger partial charge in [-0.05, 0) is 6.07 Å². The highest BCUT2D eigenvalue weighted by Crippen LogP contribution is 2.36. The number of rotatable bonds is 4. The van der Waals surface area contributed by atoms with Crippen molar-refractivity contribution in [2.24, 2.45) is 0 Å². The maximum absolute atomic E-state index is 11.7. The molecule has 0 bridgehead atoms. The third-order valence-electron chi connectivity index (χ3n) is 4.51. The maximum Gasteiger partial charge on any atom is 0.211 e. The number of nitrogens with zero attached hydrogens (tertiary/aromatic N) is 5. The Morgan fingerprint density at radius 2 is 2.04 bits per heavy atom. The number of nitrogens with one attached hydrogen (secondary N) is 1. The van der Waals surface area contributed by atoms with Gasteiger partial charge in [0, 0.05) is 67.0 Å². The van der Waals surface area contributed by atoms with E-state index in [2.05, 4.69) is 37.2 Å². The molecule has 1 saturated heterocycles. The monoisotopic (exact) mass is 392 g/mol. The van der Waals surface area contributed by atoms with Crippen LogP contribution in [0.2, 0.25) is 0 Å². The molecule has 8 nitrogen and oxygen atoms in total. The molecular formula is C16H20N6O2S2. The van der Waals surface area contributed by atoms with Crippen LogP contribution in [0.3, 0.4) is 0 Å². The normalized spacial score (nSPS) is 19.0. The molecule has 26 heavy (non-hydrogen) atoms. The zero-order chi connectivity index (χ0) is 18.1. The largest absolute Gasteiger partial charge is 0.369 e. The van der Waals surface area contributed by atoms with Crippen LogP contribution in [0.1, 0.15) is 5.56 Å². The van der Waals surface area contributed by atoms with Crippen LogP contribution in [0.4, 0.5) is 11.5 Å². The van der Waals surface area contributed by atoms with E-state index in [-0.39, 0.29) is 0 Å². The number of hydrogen-bond acceptors (Lipinski definition) is 7. The third-order valence-corrected chi connectivity index (χ3v) is 6.87. The first kappa shape index (κ1) is 17.4. The molecule has 2 aliphatic heterocycles. The minimum atomic E-state index is -3.11. The minimum absolute atomic E-state index is 0.514. The summed E-state index contributed by atoms with van der Waals surface area (Å²) in [7, 11) is -3.11. The van der Waals surface area contributed by atoms with Crippen LogP contribution in [0.15, 0.2) is 36.9 Å². The van der Waals surface area contributed by atoms with Crippen molar-refractivity contribution in [3.8, 4) is 0 Å². The van der Waals surface area contributed by atoms with Crippen LogP contribution in [0.5, 0.6) is 0 Å². The summed E-state index contributed by atoms with van der Waals surface area (Å²) in [5.41, 5.74) is 2.14. The van der Waals surface area contributed by atoms with Gasteiger partial charge in [0.1, 0.15) is 5.82 Å². The van der Waals surface area contributed by atoms with Gasteiger partial charge in [0.15, 0.2) is 0 Å². The number of piperazine rings is 1. The highest BCUT2D eigenvalue weighted by molar-refractivity contribution is 8.08. The average molecular weight is 393 g/mol. The molecule has 0 radical (unpaired) electrons. The summed E-state index contributed by atoms with van der Waals surface area (Å²) in [6.45, 7) is 2.39. The van der Waals surface area contributed by atoms with Gasteiger partial charge in [-0.2, -0.15) is 9.40 Å². The predicted octanol–water partition coefficient (Wildman–Crippen LogP) is 1.40. The lowest BCUT2D eigenvalue weighted by Gasteiger charge is -2.35. The topological polar surface area (TPSA) is 85.4 Å². The second-order valence-electron chi connectivity index (χ2n) is 6.24. The van der Waals surface area contributed by atoms with Crippen LogP contribution >= 0.6 is 11.8 Å². The van der Waals surface area contributed by atoms with Crippen molar-refractivity contribution < 1.29 is 8.42 Å². The standard InChI is InChI=1S/C16H20N6O2S2/c1-26(23,24)22-6-4-20(5-7-22)14-2-3-17-16(8-14)21-11-15(25-12-21)13-9-18-19-10-13/h2-3,8-11H,4-7,12H2,1H3,(H,18,19). The summed E-state index contributed by atoms with van der Waals surface area (Å²) in [4.78, 5) is 9.98. The first-order valence-electron chi connectivity index (χ1n) is 8.27. The van der Waals surface area contributed by atoms with Crippen molar-refractivity contribution in [2.75, 3.05) is 48.1 Å². The molecule has 0 saturated carbocycles. The summed E-state index contributed by atoms with van der Waals surface area (Å²) >= 11 is 1.75. The van der Waals surface area contributed by atoms with Gasteiger partial charge < -0.3 is 9.80 Å². The molecule has 0 atom stereocenters. The summed E-state index contributed by atoms with van der Waals surface area (Å²) in [6.07, 6.45) is 8.86. The molecule has 0 amide bonds. The van der Waals surface area contributed by atoms with Gasteiger partial charge in [-0.25, -0.2) is 13.4 Å². The molecule has 4 heterocycles. The van der Waals surface area contributed by atoms with E-state index in [0.29, 0.717) is 26.2 Å². The number of hydrogen-bond donors (Lipinski definition) is 1. The van der Waals surface area contributed by atoms with Crippen LogP contribution in [0.25, 0.3) is 4.91 Å². The van der Waals surface area contributed by atoms with Gasteiger partial charge in [0.05, 0.1) is 18.3 Å². The van der Waals surface area contributed by atoms with E-state index in [4.69, 9.17) is 0 Å². The lowest BCUT2D eigenvalue weighted by Crippen LogP contribution is -2.48. The highest BCUT2D eigenvalue weighted by Gasteiger charge is 2.24. The zero-order valence-corrected chi connectivity index (χ0v) is 16.0. The van der Waals surface area contributed by atoms with Crippen molar-refractivity contribution in [3.05, 3.63) is 42.5 Å². The summed E-state index contributed by atoms with van der Waals surface area (Å²) < 4.78 is 24.9. The molecule has 10 heteroatoms. The molecule has 2 aromatic heterocycles. The van der Waals surface area contributed by atoms with Crippen molar-refractivity contribution >= 4 is 38.2 Å². The molecule has 0 aliphatic carbocycles. The van der Waals surface area contributed by atoms with E-state index in [0.717, 1.165) is 27.9 Å². The summed E-state index contributed by atoms with van der Waals surface area (Å²) in [5.74, 6) is 1.69. The number of H-pyrrole nitrogens is 1. The van der Waals surface area contributed by atoms with Gasteiger partial charge in [-0.3, -0.25) is 5.10 Å². The fourth-order valence-corrected chi connectivity index (χ4v) is 4.86. The molecule has 0 unspecified atom stereocenters. The Hall–Kier alpha value is -2.04. The second-order valence-corrected chi connectivity index (χ2v) is 9.21. The van der Waals surface area contributed by atoms with Crippen LogP contribution in [-0.2, 0) is 10.0 Å². The van der Waals surface area contributed by atoms with Crippen LogP contribution in [0, 0.1) is 0 Å². The van der Waals surface area contributed by atoms with Gasteiger partial charge >= 0.3 is 0 Å². The highest BCUT2D eigenvalue weighted by atomic mass is 32.2. The fourth-order valence-electron chi connectivity index (χ4n) is 3.07. The van der Waals surface area contributed by atoms with E-state index in [1.54, 1.807) is 11.8 Å². The van der Waals surface area contributed by atoms with Crippen LogP contribution < -0.4 is 9.80 Å². The molecule has 2 aliphatic rings. The number of sulfonamides is 1. The number of anilines is 2. The van der Waals surface area contributed by atoms with Gasteiger partial charge in [0.2, 0.25) is 10.0 Å². The average Bonchev–Trinajstić information content (AvgIpc) is 3.33. The smallest absolute Gasteiger partial charge is 0.211 e. The first-order valence-corrected chi connectivity index (χ1v) is 11.1. The fraction of sp³-hybridized carbons (Fsp3) is 0.375. The second kappa shape index (κ2) is 6.93. The number of aromatic amines is 1. The van der Waals surface area contributed by atoms with Crippen molar-refractivity contribution in [3.63, 3.8) is 0 Å². The predicted molar refractivity (Wildman–Crippen MR) is 104 cm³/mol. The minimum Gasteiger partial charge on any atom is -0.369 e. The number of thioether (sulfide) groups is 1. The Morgan fingerprint density at radius 3 is 2.73 bits per heavy atom. The Kier molecular flexibility index (Phi) is 4.63. The van der Waals surface area contributed by atoms with Crippen molar-refractivity contribution in [1.29, 1.82) is 0 Å². The first-order chi connectivity index (χ1) is 12.5. The number of aromatic nitrogens is 3. The Bertz CT molecular complexity index is 905. The van der Waals surface area contributed by atoms with Gasteiger partial charge in [0.25, 0.3) is 0 Å². The Balaban J connectivity index is 1.48. The van der Waals surface area contributed by atoms with Gasteiger partial charge in [-0.15, -0.1) is 11.8 Å². The van der Waals surface area contributed by atoms with E-state index in [1.807, 2.05) is 24.7 Å². The van der Waals surface area contributed by atoms with E-state index in [9.17, 15) is 8.42 Å². The molecule has 1 fully saturated rings.